The van der Waals surface area contributed by atoms with Crippen molar-refractivity contribution in [3.8, 4) is 0 Å². The van der Waals surface area contributed by atoms with Gasteiger partial charge in [0.05, 0.1) is 11.1 Å². The van der Waals surface area contributed by atoms with E-state index in [1.54, 1.807) is 0 Å². The van der Waals surface area contributed by atoms with Gasteiger partial charge < -0.3 is 5.32 Å². The van der Waals surface area contributed by atoms with Crippen LogP contribution in [0.3, 0.4) is 0 Å². The number of hydrogen-bond donors (Lipinski definition) is 1. The van der Waals surface area contributed by atoms with E-state index in [1.807, 2.05) is 18.2 Å². The second-order valence-electron chi connectivity index (χ2n) is 6.80. The lowest BCUT2D eigenvalue weighted by Gasteiger charge is -2.24. The average molecular weight is 448 g/mol. The number of rotatable bonds is 2. The molecule has 4 aromatic rings. The zero-order chi connectivity index (χ0) is 19.1. The van der Waals surface area contributed by atoms with E-state index in [2.05, 4.69) is 88.0 Å². The van der Waals surface area contributed by atoms with Crippen molar-refractivity contribution in [2.45, 2.75) is 6.17 Å². The fourth-order valence-electron chi connectivity index (χ4n) is 3.71. The van der Waals surface area contributed by atoms with Crippen LogP contribution in [0.4, 0.5) is 0 Å². The van der Waals surface area contributed by atoms with E-state index in [1.165, 1.54) is 5.39 Å². The van der Waals surface area contributed by atoms with Crippen molar-refractivity contribution in [1.29, 1.82) is 0 Å². The zero-order valence-electron chi connectivity index (χ0n) is 14.9. The SMILES string of the molecule is Clc1cc(Br)cc(C2N=c3c(ccc4ccccc34)=C(c3ccccc3)N2)c1. The molecule has 0 fully saturated rings. The summed E-state index contributed by atoms with van der Waals surface area (Å²) in [6, 6.07) is 29.0. The Morgan fingerprint density at radius 3 is 2.46 bits per heavy atom. The second-order valence-corrected chi connectivity index (χ2v) is 8.15. The molecule has 0 spiro atoms. The van der Waals surface area contributed by atoms with Crippen LogP contribution >= 0.6 is 27.5 Å². The first-order chi connectivity index (χ1) is 13.7. The predicted octanol–water partition coefficient (Wildman–Crippen LogP) is 5.33. The Bertz CT molecular complexity index is 1300. The zero-order valence-corrected chi connectivity index (χ0v) is 17.2. The molecular weight excluding hydrogens is 432 g/mol. The number of halogens is 2. The van der Waals surface area contributed by atoms with Crippen molar-refractivity contribution in [3.05, 3.63) is 116 Å². The molecule has 1 atom stereocenters. The van der Waals surface area contributed by atoms with E-state index in [0.29, 0.717) is 5.02 Å². The van der Waals surface area contributed by atoms with Crippen molar-refractivity contribution >= 4 is 44.0 Å². The average Bonchev–Trinajstić information content (AvgIpc) is 2.73. The minimum absolute atomic E-state index is 0.219. The van der Waals surface area contributed by atoms with E-state index in [0.717, 1.165) is 37.3 Å². The lowest BCUT2D eigenvalue weighted by molar-refractivity contribution is 0.636. The van der Waals surface area contributed by atoms with Gasteiger partial charge >= 0.3 is 0 Å². The normalized spacial score (nSPS) is 15.6. The molecule has 0 aromatic heterocycles. The van der Waals surface area contributed by atoms with E-state index in [4.69, 9.17) is 16.6 Å². The molecular formula is C24H16BrClN2. The number of benzene rings is 4. The van der Waals surface area contributed by atoms with Gasteiger partial charge in [-0.2, -0.15) is 0 Å². The fraction of sp³-hybridized carbons (Fsp3) is 0.0417. The first-order valence-electron chi connectivity index (χ1n) is 9.07. The summed E-state index contributed by atoms with van der Waals surface area (Å²) in [6.45, 7) is 0. The maximum atomic E-state index is 6.31. The number of nitrogens with zero attached hydrogens (tertiary/aromatic N) is 1. The molecule has 1 aliphatic rings. The largest absolute Gasteiger partial charge is 0.359 e. The van der Waals surface area contributed by atoms with Crippen LogP contribution in [0.5, 0.6) is 0 Å². The number of hydrogen-bond acceptors (Lipinski definition) is 2. The maximum Gasteiger partial charge on any atom is 0.145 e. The summed E-state index contributed by atoms with van der Waals surface area (Å²) in [5, 5.41) is 8.78. The molecule has 0 saturated carbocycles. The summed E-state index contributed by atoms with van der Waals surface area (Å²) in [6.07, 6.45) is -0.219. The Morgan fingerprint density at radius 1 is 0.857 bits per heavy atom. The molecule has 0 amide bonds. The number of nitrogens with one attached hydrogen (secondary N) is 1. The Morgan fingerprint density at radius 2 is 1.64 bits per heavy atom. The minimum atomic E-state index is -0.219. The summed E-state index contributed by atoms with van der Waals surface area (Å²) >= 11 is 9.86. The molecule has 0 aliphatic carbocycles. The van der Waals surface area contributed by atoms with Gasteiger partial charge in [-0.15, -0.1) is 0 Å². The molecule has 1 aliphatic heterocycles. The molecule has 5 rings (SSSR count). The molecule has 4 aromatic carbocycles. The minimum Gasteiger partial charge on any atom is -0.359 e. The Kier molecular flexibility index (Phi) is 4.42. The summed E-state index contributed by atoms with van der Waals surface area (Å²) in [7, 11) is 0. The Labute approximate surface area is 176 Å². The van der Waals surface area contributed by atoms with E-state index in [-0.39, 0.29) is 6.17 Å². The van der Waals surface area contributed by atoms with Crippen molar-refractivity contribution in [2.75, 3.05) is 0 Å². The summed E-state index contributed by atoms with van der Waals surface area (Å²) in [4.78, 5) is 5.09. The smallest absolute Gasteiger partial charge is 0.145 e. The fourth-order valence-corrected chi connectivity index (χ4v) is 4.59. The van der Waals surface area contributed by atoms with Crippen LogP contribution in [0.1, 0.15) is 17.3 Å². The van der Waals surface area contributed by atoms with Crippen LogP contribution in [0, 0.1) is 0 Å². The van der Waals surface area contributed by atoms with Gasteiger partial charge in [-0.25, -0.2) is 0 Å². The van der Waals surface area contributed by atoms with E-state index in [9.17, 15) is 0 Å². The van der Waals surface area contributed by atoms with Crippen LogP contribution in [-0.4, -0.2) is 0 Å². The molecule has 1 unspecified atom stereocenters. The van der Waals surface area contributed by atoms with Crippen LogP contribution < -0.4 is 15.9 Å². The first kappa shape index (κ1) is 17.5. The Hall–Kier alpha value is -2.62. The summed E-state index contributed by atoms with van der Waals surface area (Å²) in [5.74, 6) is 0. The third kappa shape index (κ3) is 3.11. The van der Waals surface area contributed by atoms with Gasteiger partial charge in [-0.3, -0.25) is 4.99 Å². The summed E-state index contributed by atoms with van der Waals surface area (Å²) < 4.78 is 0.942. The molecule has 2 nitrogen and oxygen atoms in total. The molecule has 1 heterocycles. The predicted molar refractivity (Wildman–Crippen MR) is 119 cm³/mol. The Balaban J connectivity index is 1.83. The topological polar surface area (TPSA) is 24.4 Å². The lowest BCUT2D eigenvalue weighted by atomic mass is 10.0. The van der Waals surface area contributed by atoms with Crippen LogP contribution in [0.25, 0.3) is 16.5 Å². The standard InChI is InChI=1S/C24H16BrClN2/c25-18-12-17(13-19(26)14-18)24-27-22(16-7-2-1-3-8-16)21-11-10-15-6-4-5-9-20(15)23(21)28-24/h1-14,24,27H. The highest BCUT2D eigenvalue weighted by molar-refractivity contribution is 9.10. The van der Waals surface area contributed by atoms with Gasteiger partial charge in [0.1, 0.15) is 6.17 Å². The molecule has 136 valence electrons. The van der Waals surface area contributed by atoms with Gasteiger partial charge in [0.25, 0.3) is 0 Å². The van der Waals surface area contributed by atoms with Crippen molar-refractivity contribution in [2.24, 2.45) is 4.99 Å². The summed E-state index contributed by atoms with van der Waals surface area (Å²) in [5.41, 5.74) is 3.24. The highest BCUT2D eigenvalue weighted by Crippen LogP contribution is 2.27. The van der Waals surface area contributed by atoms with Gasteiger partial charge in [-0.1, -0.05) is 94.3 Å². The van der Waals surface area contributed by atoms with Crippen molar-refractivity contribution in [3.63, 3.8) is 0 Å². The lowest BCUT2D eigenvalue weighted by Crippen LogP contribution is -2.40. The number of fused-ring (bicyclic) bond motifs is 3. The monoisotopic (exact) mass is 446 g/mol. The van der Waals surface area contributed by atoms with Crippen LogP contribution in [-0.2, 0) is 0 Å². The van der Waals surface area contributed by atoms with Crippen LogP contribution in [0.2, 0.25) is 5.02 Å². The van der Waals surface area contributed by atoms with Gasteiger partial charge in [0.15, 0.2) is 0 Å². The molecule has 4 heteroatoms. The molecule has 0 saturated heterocycles. The molecule has 1 N–H and O–H groups in total. The van der Waals surface area contributed by atoms with Crippen molar-refractivity contribution in [1.82, 2.24) is 5.32 Å². The first-order valence-corrected chi connectivity index (χ1v) is 10.2. The highest BCUT2D eigenvalue weighted by atomic mass is 79.9. The molecule has 0 radical (unpaired) electrons. The van der Waals surface area contributed by atoms with Gasteiger partial charge in [-0.05, 0) is 34.7 Å². The van der Waals surface area contributed by atoms with Crippen molar-refractivity contribution < 1.29 is 0 Å². The van der Waals surface area contributed by atoms with E-state index >= 15 is 0 Å². The quantitative estimate of drug-likeness (QED) is 0.441. The molecule has 28 heavy (non-hydrogen) atoms. The van der Waals surface area contributed by atoms with Gasteiger partial charge in [0.2, 0.25) is 0 Å². The highest BCUT2D eigenvalue weighted by Gasteiger charge is 2.19. The van der Waals surface area contributed by atoms with E-state index < -0.39 is 0 Å². The molecule has 0 bridgehead atoms. The third-order valence-corrected chi connectivity index (χ3v) is 5.65. The van der Waals surface area contributed by atoms with Gasteiger partial charge in [0, 0.05) is 20.1 Å². The second kappa shape index (κ2) is 7.08. The maximum absolute atomic E-state index is 6.31. The van der Waals surface area contributed by atoms with Crippen LogP contribution in [0.15, 0.2) is 94.4 Å². The third-order valence-electron chi connectivity index (χ3n) is 4.97.